The molecule has 0 amide bonds. The van der Waals surface area contributed by atoms with Gasteiger partial charge in [0.15, 0.2) is 11.5 Å². The fourth-order valence-electron chi connectivity index (χ4n) is 2.96. The molecule has 0 saturated carbocycles. The molecule has 0 aliphatic carbocycles. The van der Waals surface area contributed by atoms with Crippen LogP contribution in [0.2, 0.25) is 0 Å². The molecular formula is C21H14F4N6O2. The highest BCUT2D eigenvalue weighted by Gasteiger charge is 2.34. The minimum absolute atomic E-state index is 0.0692. The number of aryl methyl sites for hydroxylation is 1. The zero-order valence-electron chi connectivity index (χ0n) is 16.8. The summed E-state index contributed by atoms with van der Waals surface area (Å²) < 4.78 is 54.3. The predicted octanol–water partition coefficient (Wildman–Crippen LogP) is 4.63. The number of nitrogens with one attached hydrogen (secondary N) is 1. The monoisotopic (exact) mass is 458 g/mol. The average Bonchev–Trinajstić information content (AvgIpc) is 3.27. The van der Waals surface area contributed by atoms with Crippen molar-refractivity contribution in [2.45, 2.75) is 13.1 Å². The number of benzene rings is 1. The highest BCUT2D eigenvalue weighted by atomic mass is 19.4. The summed E-state index contributed by atoms with van der Waals surface area (Å²) in [5, 5.41) is 15.5. The number of pyridine rings is 1. The molecule has 3 aromatic heterocycles. The first kappa shape index (κ1) is 21.9. The third kappa shape index (κ3) is 4.63. The molecule has 3 heterocycles. The van der Waals surface area contributed by atoms with Gasteiger partial charge in [0.05, 0.1) is 11.3 Å². The van der Waals surface area contributed by atoms with Gasteiger partial charge in [-0.05, 0) is 36.8 Å². The Morgan fingerprint density at radius 1 is 1.12 bits per heavy atom. The van der Waals surface area contributed by atoms with E-state index in [1.165, 1.54) is 30.6 Å². The highest BCUT2D eigenvalue weighted by molar-refractivity contribution is 5.89. The number of carbonyl (C=O) groups is 1. The molecule has 0 radical (unpaired) electrons. The van der Waals surface area contributed by atoms with Gasteiger partial charge in [0.1, 0.15) is 5.82 Å². The summed E-state index contributed by atoms with van der Waals surface area (Å²) in [6.07, 6.45) is 0.0692. The Morgan fingerprint density at radius 3 is 2.61 bits per heavy atom. The molecular weight excluding hydrogens is 444 g/mol. The fraction of sp³-hybridized carbons (Fsp3) is 0.0952. The number of rotatable bonds is 5. The van der Waals surface area contributed by atoms with Gasteiger partial charge in [-0.15, -0.1) is 0 Å². The number of aromatic carboxylic acids is 1. The molecule has 0 aliphatic rings. The van der Waals surface area contributed by atoms with Gasteiger partial charge in [-0.3, -0.25) is 4.98 Å². The Morgan fingerprint density at radius 2 is 1.91 bits per heavy atom. The number of aromatic nitrogens is 5. The number of hydrogen-bond donors (Lipinski definition) is 2. The third-order valence-corrected chi connectivity index (χ3v) is 4.53. The van der Waals surface area contributed by atoms with Crippen molar-refractivity contribution in [1.29, 1.82) is 0 Å². The van der Waals surface area contributed by atoms with Crippen LogP contribution < -0.4 is 5.32 Å². The molecule has 0 atom stereocenters. The minimum atomic E-state index is -4.69. The fourth-order valence-corrected chi connectivity index (χ4v) is 2.96. The van der Waals surface area contributed by atoms with Gasteiger partial charge in [-0.25, -0.2) is 18.9 Å². The molecule has 33 heavy (non-hydrogen) atoms. The summed E-state index contributed by atoms with van der Waals surface area (Å²) in [5.41, 5.74) is -0.0588. The summed E-state index contributed by atoms with van der Waals surface area (Å²) in [5.74, 6) is -2.02. The summed E-state index contributed by atoms with van der Waals surface area (Å²) in [7, 11) is 0. The number of alkyl halides is 3. The Hall–Kier alpha value is -4.35. The molecule has 8 nitrogen and oxygen atoms in total. The Bertz CT molecular complexity index is 1350. The summed E-state index contributed by atoms with van der Waals surface area (Å²) >= 11 is 0. The molecule has 12 heteroatoms. The van der Waals surface area contributed by atoms with Crippen LogP contribution in [0.5, 0.6) is 0 Å². The molecule has 4 aromatic rings. The maximum Gasteiger partial charge on any atom is 0.435 e. The van der Waals surface area contributed by atoms with Crippen LogP contribution in [0.1, 0.15) is 21.6 Å². The van der Waals surface area contributed by atoms with Crippen molar-refractivity contribution in [2.75, 3.05) is 5.32 Å². The van der Waals surface area contributed by atoms with E-state index in [0.717, 1.165) is 28.7 Å². The molecule has 168 valence electrons. The second-order valence-corrected chi connectivity index (χ2v) is 6.95. The first-order chi connectivity index (χ1) is 15.6. The maximum absolute atomic E-state index is 14.2. The standard InChI is InChI=1S/C21H14F4N6O2/c1-11-2-3-15(22)16(6-11)28-20-27-10-14(12-7-13(19(32)33)9-26-8-12)18(29-20)31-5-4-17(30-31)21(23,24)25/h2-10H,1H3,(H,32,33)(H,27,28,29). The smallest absolute Gasteiger partial charge is 0.435 e. The maximum atomic E-state index is 14.2. The molecule has 0 aliphatic heterocycles. The summed E-state index contributed by atoms with van der Waals surface area (Å²) in [6, 6.07) is 6.38. The van der Waals surface area contributed by atoms with E-state index in [1.807, 2.05) is 0 Å². The van der Waals surface area contributed by atoms with Gasteiger partial charge < -0.3 is 10.4 Å². The van der Waals surface area contributed by atoms with Crippen molar-refractivity contribution in [2.24, 2.45) is 0 Å². The first-order valence-corrected chi connectivity index (χ1v) is 9.34. The molecule has 0 fully saturated rings. The topological polar surface area (TPSA) is 106 Å². The van der Waals surface area contributed by atoms with E-state index >= 15 is 0 Å². The van der Waals surface area contributed by atoms with Crippen LogP contribution in [-0.2, 0) is 6.18 Å². The van der Waals surface area contributed by atoms with Crippen LogP contribution in [-0.4, -0.2) is 35.8 Å². The number of hydrogen-bond acceptors (Lipinski definition) is 6. The van der Waals surface area contributed by atoms with Crippen molar-refractivity contribution in [3.63, 3.8) is 0 Å². The Balaban J connectivity index is 1.84. The average molecular weight is 458 g/mol. The SMILES string of the molecule is Cc1ccc(F)c(Nc2ncc(-c3cncc(C(=O)O)c3)c(-n3ccc(C(F)(F)F)n3)n2)c1. The molecule has 0 bridgehead atoms. The van der Waals surface area contributed by atoms with E-state index in [1.54, 1.807) is 13.0 Å². The van der Waals surface area contributed by atoms with Crippen LogP contribution in [0.4, 0.5) is 29.2 Å². The van der Waals surface area contributed by atoms with Crippen LogP contribution >= 0.6 is 0 Å². The zero-order chi connectivity index (χ0) is 23.8. The van der Waals surface area contributed by atoms with Gasteiger partial charge in [0.25, 0.3) is 0 Å². The summed E-state index contributed by atoms with van der Waals surface area (Å²) in [4.78, 5) is 23.5. The largest absolute Gasteiger partial charge is 0.478 e. The highest BCUT2D eigenvalue weighted by Crippen LogP contribution is 2.31. The minimum Gasteiger partial charge on any atom is -0.478 e. The van der Waals surface area contributed by atoms with Gasteiger partial charge >= 0.3 is 12.1 Å². The molecule has 0 unspecified atom stereocenters. The molecule has 1 aromatic carbocycles. The van der Waals surface area contributed by atoms with E-state index in [2.05, 4.69) is 25.4 Å². The van der Waals surface area contributed by atoms with Gasteiger partial charge in [-0.2, -0.15) is 23.3 Å². The van der Waals surface area contributed by atoms with Crippen LogP contribution in [0, 0.1) is 12.7 Å². The number of halogens is 4. The lowest BCUT2D eigenvalue weighted by atomic mass is 10.1. The zero-order valence-corrected chi connectivity index (χ0v) is 16.8. The third-order valence-electron chi connectivity index (χ3n) is 4.53. The van der Waals surface area contributed by atoms with Crippen molar-refractivity contribution in [1.82, 2.24) is 24.7 Å². The Kier molecular flexibility index (Phi) is 5.50. The quantitative estimate of drug-likeness (QED) is 0.420. The van der Waals surface area contributed by atoms with Crippen LogP contribution in [0.25, 0.3) is 16.9 Å². The van der Waals surface area contributed by atoms with Crippen molar-refractivity contribution < 1.29 is 27.5 Å². The first-order valence-electron chi connectivity index (χ1n) is 9.34. The molecule has 4 rings (SSSR count). The van der Waals surface area contributed by atoms with Crippen molar-refractivity contribution in [3.8, 4) is 16.9 Å². The number of carboxylic acid groups (broad SMARTS) is 1. The van der Waals surface area contributed by atoms with Gasteiger partial charge in [-0.1, -0.05) is 6.07 Å². The van der Waals surface area contributed by atoms with Crippen LogP contribution in [0.15, 0.2) is 55.1 Å². The van der Waals surface area contributed by atoms with Gasteiger partial charge in [0, 0.05) is 35.9 Å². The predicted molar refractivity (Wildman–Crippen MR) is 109 cm³/mol. The summed E-state index contributed by atoms with van der Waals surface area (Å²) in [6.45, 7) is 1.75. The second-order valence-electron chi connectivity index (χ2n) is 6.95. The normalized spacial score (nSPS) is 11.4. The molecule has 2 N–H and O–H groups in total. The Labute approximate surface area is 183 Å². The van der Waals surface area contributed by atoms with Crippen molar-refractivity contribution in [3.05, 3.63) is 77.8 Å². The van der Waals surface area contributed by atoms with Crippen molar-refractivity contribution >= 4 is 17.6 Å². The van der Waals surface area contributed by atoms with E-state index < -0.39 is 23.7 Å². The van der Waals surface area contributed by atoms with E-state index in [9.17, 15) is 27.5 Å². The number of anilines is 2. The number of nitrogens with zero attached hydrogens (tertiary/aromatic N) is 5. The van der Waals surface area contributed by atoms with E-state index in [-0.39, 0.29) is 34.1 Å². The van der Waals surface area contributed by atoms with Gasteiger partial charge in [0.2, 0.25) is 5.95 Å². The molecule has 0 spiro atoms. The lowest BCUT2D eigenvalue weighted by Gasteiger charge is -2.12. The number of carboxylic acids is 1. The molecule has 0 saturated heterocycles. The van der Waals surface area contributed by atoms with Crippen LogP contribution in [0.3, 0.4) is 0 Å². The second kappa shape index (κ2) is 8.30. The lowest BCUT2D eigenvalue weighted by molar-refractivity contribution is -0.141. The van der Waals surface area contributed by atoms with E-state index in [0.29, 0.717) is 0 Å². The van der Waals surface area contributed by atoms with E-state index in [4.69, 9.17) is 0 Å². The lowest BCUT2D eigenvalue weighted by Crippen LogP contribution is -2.10.